The molecule has 2 rings (SSSR count). The minimum Gasteiger partial charge on any atom is -0.393 e. The zero-order valence-corrected chi connectivity index (χ0v) is 8.45. The van der Waals surface area contributed by atoms with Crippen LogP contribution < -0.4 is 0 Å². The molecule has 0 aromatic carbocycles. The van der Waals surface area contributed by atoms with Crippen LogP contribution in [0, 0.1) is 5.92 Å². The molecule has 0 unspecified atom stereocenters. The van der Waals surface area contributed by atoms with Crippen LogP contribution in [0.4, 0.5) is 0 Å². The average Bonchev–Trinajstić information content (AvgIpc) is 2.20. The van der Waals surface area contributed by atoms with Crippen molar-refractivity contribution in [1.82, 2.24) is 0 Å². The van der Waals surface area contributed by atoms with Gasteiger partial charge in [-0.25, -0.2) is 0 Å². The zero-order chi connectivity index (χ0) is 9.85. The summed E-state index contributed by atoms with van der Waals surface area (Å²) in [6, 6.07) is 0. The number of hydrogen-bond acceptors (Lipinski definition) is 3. The van der Waals surface area contributed by atoms with E-state index < -0.39 is 11.7 Å². The van der Waals surface area contributed by atoms with E-state index in [-0.39, 0.29) is 17.6 Å². The van der Waals surface area contributed by atoms with Crippen LogP contribution in [-0.2, 0) is 4.74 Å². The van der Waals surface area contributed by atoms with Gasteiger partial charge < -0.3 is 14.9 Å². The van der Waals surface area contributed by atoms with Gasteiger partial charge in [-0.3, -0.25) is 0 Å². The summed E-state index contributed by atoms with van der Waals surface area (Å²) in [4.78, 5) is 0. The lowest BCUT2D eigenvalue weighted by atomic mass is 9.73. The van der Waals surface area contributed by atoms with Gasteiger partial charge in [-0.05, 0) is 27.2 Å². The van der Waals surface area contributed by atoms with Crippen LogP contribution in [0.5, 0.6) is 0 Å². The predicted octanol–water partition coefficient (Wildman–Crippen LogP) is 0.686. The van der Waals surface area contributed by atoms with Crippen LogP contribution in [0.15, 0.2) is 0 Å². The third kappa shape index (κ3) is 1.30. The number of hydrogen-bond donors (Lipinski definition) is 2. The quantitative estimate of drug-likeness (QED) is 0.585. The summed E-state index contributed by atoms with van der Waals surface area (Å²) in [5, 5.41) is 19.8. The molecule has 2 fully saturated rings. The largest absolute Gasteiger partial charge is 0.393 e. The fourth-order valence-corrected chi connectivity index (χ4v) is 2.71. The summed E-state index contributed by atoms with van der Waals surface area (Å²) < 4.78 is 5.75. The first-order valence-corrected chi connectivity index (χ1v) is 4.91. The molecular formula is C10H18O3. The molecule has 0 spiro atoms. The molecule has 1 saturated carbocycles. The van der Waals surface area contributed by atoms with Crippen molar-refractivity contribution < 1.29 is 14.9 Å². The maximum atomic E-state index is 9.98. The Kier molecular flexibility index (Phi) is 1.79. The average molecular weight is 186 g/mol. The Morgan fingerprint density at radius 2 is 1.92 bits per heavy atom. The fraction of sp³-hybridized carbons (Fsp3) is 1.00. The summed E-state index contributed by atoms with van der Waals surface area (Å²) in [6.07, 6.45) is 0.687. The first-order valence-electron chi connectivity index (χ1n) is 4.91. The smallest absolute Gasteiger partial charge is 0.0905 e. The topological polar surface area (TPSA) is 49.7 Å². The second-order valence-corrected chi connectivity index (χ2v) is 5.18. The van der Waals surface area contributed by atoms with Gasteiger partial charge in [-0.15, -0.1) is 0 Å². The van der Waals surface area contributed by atoms with Crippen LogP contribution in [0.1, 0.15) is 33.6 Å². The molecule has 1 heterocycles. The van der Waals surface area contributed by atoms with Gasteiger partial charge in [0.25, 0.3) is 0 Å². The second kappa shape index (κ2) is 2.47. The Morgan fingerprint density at radius 3 is 2.54 bits per heavy atom. The highest BCUT2D eigenvalue weighted by atomic mass is 16.5. The molecule has 0 aromatic rings. The maximum Gasteiger partial charge on any atom is 0.0905 e. The van der Waals surface area contributed by atoms with E-state index in [1.165, 1.54) is 0 Å². The van der Waals surface area contributed by atoms with Crippen molar-refractivity contribution in [1.29, 1.82) is 0 Å². The summed E-state index contributed by atoms with van der Waals surface area (Å²) in [5.74, 6) is 0.178. The molecule has 2 bridgehead atoms. The minimum absolute atomic E-state index is 0.101. The van der Waals surface area contributed by atoms with E-state index in [2.05, 4.69) is 0 Å². The summed E-state index contributed by atoms with van der Waals surface area (Å²) in [7, 11) is 0. The first-order chi connectivity index (χ1) is 5.83. The lowest BCUT2D eigenvalue weighted by Gasteiger charge is -2.36. The van der Waals surface area contributed by atoms with Crippen molar-refractivity contribution >= 4 is 0 Å². The molecular weight excluding hydrogens is 168 g/mol. The molecule has 3 heteroatoms. The van der Waals surface area contributed by atoms with Crippen LogP contribution >= 0.6 is 0 Å². The molecule has 0 radical (unpaired) electrons. The summed E-state index contributed by atoms with van der Waals surface area (Å²) in [6.45, 7) is 5.73. The van der Waals surface area contributed by atoms with E-state index in [1.807, 2.05) is 13.8 Å². The third-order valence-corrected chi connectivity index (χ3v) is 3.59. The van der Waals surface area contributed by atoms with Crippen molar-refractivity contribution in [3.05, 3.63) is 0 Å². The molecule has 1 aliphatic carbocycles. The molecule has 0 aromatic heterocycles. The van der Waals surface area contributed by atoms with E-state index in [4.69, 9.17) is 4.74 Å². The van der Waals surface area contributed by atoms with Gasteiger partial charge in [0.1, 0.15) is 0 Å². The molecule has 0 amide bonds. The predicted molar refractivity (Wildman–Crippen MR) is 48.3 cm³/mol. The van der Waals surface area contributed by atoms with Crippen LogP contribution in [0.3, 0.4) is 0 Å². The molecule has 3 nitrogen and oxygen atoms in total. The molecule has 4 atom stereocenters. The van der Waals surface area contributed by atoms with E-state index in [0.717, 1.165) is 6.42 Å². The number of rotatable bonds is 0. The molecule has 2 aliphatic rings. The van der Waals surface area contributed by atoms with Gasteiger partial charge in [-0.1, -0.05) is 0 Å². The maximum absolute atomic E-state index is 9.98. The fourth-order valence-electron chi connectivity index (χ4n) is 2.71. The summed E-state index contributed by atoms with van der Waals surface area (Å²) in [5.41, 5.74) is -1.14. The van der Waals surface area contributed by atoms with Crippen molar-refractivity contribution in [2.24, 2.45) is 5.92 Å². The normalized spacial score (nSPS) is 53.8. The van der Waals surface area contributed by atoms with E-state index >= 15 is 0 Å². The van der Waals surface area contributed by atoms with Gasteiger partial charge in [0, 0.05) is 12.3 Å². The molecule has 2 N–H and O–H groups in total. The van der Waals surface area contributed by atoms with Crippen LogP contribution in [0.25, 0.3) is 0 Å². The summed E-state index contributed by atoms with van der Waals surface area (Å²) >= 11 is 0. The Hall–Kier alpha value is -0.120. The Bertz CT molecular complexity index is 220. The number of aliphatic hydroxyl groups is 2. The van der Waals surface area contributed by atoms with E-state index in [1.54, 1.807) is 6.92 Å². The second-order valence-electron chi connectivity index (χ2n) is 5.18. The molecule has 1 aliphatic heterocycles. The van der Waals surface area contributed by atoms with Crippen molar-refractivity contribution in [2.45, 2.75) is 57.0 Å². The van der Waals surface area contributed by atoms with Crippen molar-refractivity contribution in [3.8, 4) is 0 Å². The highest BCUT2D eigenvalue weighted by Crippen LogP contribution is 2.48. The highest BCUT2D eigenvalue weighted by Gasteiger charge is 2.56. The number of ether oxygens (including phenoxy) is 1. The molecule has 1 saturated heterocycles. The minimum atomic E-state index is -0.857. The third-order valence-electron chi connectivity index (χ3n) is 3.59. The standard InChI is InChI=1S/C10H18O3/c1-9(2)6-4-8(13-9)10(3,12)5-7(6)11/h6-8,11-12H,4-5H2,1-3H3/t6-,7+,8+,10+/m0/s1. The number of aliphatic hydroxyl groups excluding tert-OH is 1. The van der Waals surface area contributed by atoms with Gasteiger partial charge >= 0.3 is 0 Å². The highest BCUT2D eigenvalue weighted by molar-refractivity contribution is 5.05. The van der Waals surface area contributed by atoms with Crippen molar-refractivity contribution in [3.63, 3.8) is 0 Å². The van der Waals surface area contributed by atoms with Crippen LogP contribution in [0.2, 0.25) is 0 Å². The molecule has 76 valence electrons. The zero-order valence-electron chi connectivity index (χ0n) is 8.45. The lowest BCUT2D eigenvalue weighted by Crippen LogP contribution is -2.46. The lowest BCUT2D eigenvalue weighted by molar-refractivity contribution is -0.117. The van der Waals surface area contributed by atoms with Gasteiger partial charge in [0.15, 0.2) is 0 Å². The number of fused-ring (bicyclic) bond motifs is 2. The van der Waals surface area contributed by atoms with Crippen LogP contribution in [-0.4, -0.2) is 33.6 Å². The Balaban J connectivity index is 2.28. The molecule has 13 heavy (non-hydrogen) atoms. The Morgan fingerprint density at radius 1 is 1.31 bits per heavy atom. The van der Waals surface area contributed by atoms with Crippen molar-refractivity contribution in [2.75, 3.05) is 0 Å². The SMILES string of the molecule is CC1(C)O[C@@H]2C[C@H]1[C@H](O)C[C@@]2(C)O. The first kappa shape index (κ1) is 9.44. The monoisotopic (exact) mass is 186 g/mol. The van der Waals surface area contributed by atoms with Gasteiger partial charge in [0.2, 0.25) is 0 Å². The van der Waals surface area contributed by atoms with E-state index in [9.17, 15) is 10.2 Å². The van der Waals surface area contributed by atoms with Gasteiger partial charge in [-0.2, -0.15) is 0 Å². The van der Waals surface area contributed by atoms with E-state index in [0.29, 0.717) is 6.42 Å². The van der Waals surface area contributed by atoms with Gasteiger partial charge in [0.05, 0.1) is 23.4 Å². The Labute approximate surface area is 78.7 Å².